The van der Waals surface area contributed by atoms with Crippen LogP contribution < -0.4 is 5.32 Å². The number of rotatable bonds is 3. The van der Waals surface area contributed by atoms with Gasteiger partial charge in [0, 0.05) is 0 Å². The summed E-state index contributed by atoms with van der Waals surface area (Å²) in [6.07, 6.45) is 7.75. The standard InChI is InChI=1S/C14H26FN/c1-2-11-5-3-4-6-13(11)14(15)12-7-9-16-10-8-12/h11-14,16H,2-10H2,1H3. The largest absolute Gasteiger partial charge is 0.317 e. The van der Waals surface area contributed by atoms with Gasteiger partial charge in [-0.25, -0.2) is 4.39 Å². The summed E-state index contributed by atoms with van der Waals surface area (Å²) in [6.45, 7) is 4.28. The van der Waals surface area contributed by atoms with Gasteiger partial charge in [-0.3, -0.25) is 0 Å². The maximum atomic E-state index is 14.6. The molecule has 1 N–H and O–H groups in total. The van der Waals surface area contributed by atoms with Crippen LogP contribution in [-0.4, -0.2) is 19.3 Å². The van der Waals surface area contributed by atoms with E-state index in [1.807, 2.05) is 0 Å². The van der Waals surface area contributed by atoms with Crippen molar-refractivity contribution in [3.63, 3.8) is 0 Å². The van der Waals surface area contributed by atoms with E-state index < -0.39 is 6.17 Å². The maximum absolute atomic E-state index is 14.6. The molecule has 1 heterocycles. The second-order valence-electron chi connectivity index (χ2n) is 5.65. The highest BCUT2D eigenvalue weighted by atomic mass is 19.1. The Labute approximate surface area is 99.2 Å². The quantitative estimate of drug-likeness (QED) is 0.777. The van der Waals surface area contributed by atoms with Crippen LogP contribution in [0.5, 0.6) is 0 Å². The van der Waals surface area contributed by atoms with E-state index in [0.717, 1.165) is 32.4 Å². The second kappa shape index (κ2) is 6.00. The van der Waals surface area contributed by atoms with Gasteiger partial charge >= 0.3 is 0 Å². The van der Waals surface area contributed by atoms with Crippen molar-refractivity contribution < 1.29 is 4.39 Å². The number of hydrogen-bond donors (Lipinski definition) is 1. The third-order valence-electron chi connectivity index (χ3n) is 4.74. The molecule has 0 aromatic rings. The zero-order valence-electron chi connectivity index (χ0n) is 10.6. The average Bonchev–Trinajstić information content (AvgIpc) is 2.39. The Morgan fingerprint density at radius 2 is 1.81 bits per heavy atom. The third kappa shape index (κ3) is 2.77. The van der Waals surface area contributed by atoms with Gasteiger partial charge in [-0.05, 0) is 50.1 Å². The van der Waals surface area contributed by atoms with E-state index in [-0.39, 0.29) is 0 Å². The maximum Gasteiger partial charge on any atom is 0.106 e. The summed E-state index contributed by atoms with van der Waals surface area (Å²) >= 11 is 0. The lowest BCUT2D eigenvalue weighted by Gasteiger charge is -2.37. The van der Waals surface area contributed by atoms with Crippen molar-refractivity contribution in [2.24, 2.45) is 17.8 Å². The highest BCUT2D eigenvalue weighted by molar-refractivity contribution is 4.86. The summed E-state index contributed by atoms with van der Waals surface area (Å²) < 4.78 is 14.6. The van der Waals surface area contributed by atoms with Gasteiger partial charge in [0.1, 0.15) is 6.17 Å². The molecular weight excluding hydrogens is 201 g/mol. The molecule has 1 nitrogen and oxygen atoms in total. The minimum Gasteiger partial charge on any atom is -0.317 e. The minimum absolute atomic E-state index is 0.346. The molecule has 2 rings (SSSR count). The Bertz CT molecular complexity index is 201. The van der Waals surface area contributed by atoms with E-state index >= 15 is 0 Å². The molecule has 0 aromatic heterocycles. The zero-order chi connectivity index (χ0) is 11.4. The van der Waals surface area contributed by atoms with Crippen LogP contribution in [0, 0.1) is 17.8 Å². The summed E-state index contributed by atoms with van der Waals surface area (Å²) in [5.74, 6) is 1.39. The Hall–Kier alpha value is -0.110. The molecule has 0 spiro atoms. The third-order valence-corrected chi connectivity index (χ3v) is 4.74. The first-order valence-corrected chi connectivity index (χ1v) is 7.17. The summed E-state index contributed by atoms with van der Waals surface area (Å²) in [6, 6.07) is 0. The molecule has 94 valence electrons. The average molecular weight is 227 g/mol. The first-order valence-electron chi connectivity index (χ1n) is 7.17. The highest BCUT2D eigenvalue weighted by Crippen LogP contribution is 2.39. The molecule has 1 saturated carbocycles. The van der Waals surface area contributed by atoms with Crippen molar-refractivity contribution in [1.82, 2.24) is 5.32 Å². The van der Waals surface area contributed by atoms with Gasteiger partial charge in [0.25, 0.3) is 0 Å². The Balaban J connectivity index is 1.92. The molecule has 2 heteroatoms. The highest BCUT2D eigenvalue weighted by Gasteiger charge is 2.35. The molecule has 1 aliphatic heterocycles. The molecule has 0 bridgehead atoms. The van der Waals surface area contributed by atoms with Crippen LogP contribution in [0.1, 0.15) is 51.9 Å². The topological polar surface area (TPSA) is 12.0 Å². The number of piperidine rings is 1. The lowest BCUT2D eigenvalue weighted by atomic mass is 9.71. The van der Waals surface area contributed by atoms with Gasteiger partial charge in [-0.15, -0.1) is 0 Å². The molecule has 3 atom stereocenters. The van der Waals surface area contributed by atoms with Gasteiger partial charge in [-0.2, -0.15) is 0 Å². The van der Waals surface area contributed by atoms with Crippen molar-refractivity contribution in [1.29, 1.82) is 0 Å². The van der Waals surface area contributed by atoms with Gasteiger partial charge in [-0.1, -0.05) is 32.6 Å². The fraction of sp³-hybridized carbons (Fsp3) is 1.00. The van der Waals surface area contributed by atoms with E-state index in [9.17, 15) is 4.39 Å². The van der Waals surface area contributed by atoms with Crippen LogP contribution in [0.15, 0.2) is 0 Å². The van der Waals surface area contributed by atoms with Crippen LogP contribution in [0.25, 0.3) is 0 Å². The molecule has 0 amide bonds. The van der Waals surface area contributed by atoms with Crippen LogP contribution in [0.4, 0.5) is 4.39 Å². The van der Waals surface area contributed by atoms with E-state index in [1.54, 1.807) is 0 Å². The molecule has 2 fully saturated rings. The SMILES string of the molecule is CCC1CCCCC1C(F)C1CCNCC1. The Kier molecular flexibility index (Phi) is 4.63. The lowest BCUT2D eigenvalue weighted by molar-refractivity contribution is 0.0592. The molecule has 2 aliphatic rings. The Morgan fingerprint density at radius 3 is 2.50 bits per heavy atom. The van der Waals surface area contributed by atoms with E-state index in [0.29, 0.717) is 17.8 Å². The molecule has 0 aromatic carbocycles. The predicted octanol–water partition coefficient (Wildman–Crippen LogP) is 3.54. The van der Waals surface area contributed by atoms with E-state index in [4.69, 9.17) is 0 Å². The summed E-state index contributed by atoms with van der Waals surface area (Å²) in [4.78, 5) is 0. The molecule has 16 heavy (non-hydrogen) atoms. The van der Waals surface area contributed by atoms with Crippen molar-refractivity contribution >= 4 is 0 Å². The van der Waals surface area contributed by atoms with Gasteiger partial charge in [0.2, 0.25) is 0 Å². The van der Waals surface area contributed by atoms with E-state index in [1.165, 1.54) is 25.7 Å². The van der Waals surface area contributed by atoms with Crippen LogP contribution in [0.3, 0.4) is 0 Å². The zero-order valence-corrected chi connectivity index (χ0v) is 10.6. The fourth-order valence-electron chi connectivity index (χ4n) is 3.67. The van der Waals surface area contributed by atoms with Crippen LogP contribution >= 0.6 is 0 Å². The number of alkyl halides is 1. The van der Waals surface area contributed by atoms with Gasteiger partial charge in [0.05, 0.1) is 0 Å². The second-order valence-corrected chi connectivity index (χ2v) is 5.65. The Morgan fingerprint density at radius 1 is 1.12 bits per heavy atom. The van der Waals surface area contributed by atoms with Crippen molar-refractivity contribution in [3.05, 3.63) is 0 Å². The van der Waals surface area contributed by atoms with Crippen molar-refractivity contribution in [2.45, 2.75) is 58.0 Å². The van der Waals surface area contributed by atoms with Crippen LogP contribution in [-0.2, 0) is 0 Å². The number of nitrogens with one attached hydrogen (secondary N) is 1. The fourth-order valence-corrected chi connectivity index (χ4v) is 3.67. The molecular formula is C14H26FN. The van der Waals surface area contributed by atoms with Crippen LogP contribution in [0.2, 0.25) is 0 Å². The molecule has 1 aliphatic carbocycles. The monoisotopic (exact) mass is 227 g/mol. The lowest BCUT2D eigenvalue weighted by Crippen LogP contribution is -2.38. The first kappa shape index (κ1) is 12.3. The summed E-state index contributed by atoms with van der Waals surface area (Å²) in [7, 11) is 0. The van der Waals surface area contributed by atoms with Crippen molar-refractivity contribution in [2.75, 3.05) is 13.1 Å². The predicted molar refractivity (Wildman–Crippen MR) is 66.2 cm³/mol. The molecule has 3 unspecified atom stereocenters. The molecule has 0 radical (unpaired) electrons. The van der Waals surface area contributed by atoms with Crippen molar-refractivity contribution in [3.8, 4) is 0 Å². The van der Waals surface area contributed by atoms with Gasteiger partial charge < -0.3 is 5.32 Å². The summed E-state index contributed by atoms with van der Waals surface area (Å²) in [5.41, 5.74) is 0. The normalized spacial score (nSPS) is 34.9. The minimum atomic E-state index is -0.521. The number of hydrogen-bond acceptors (Lipinski definition) is 1. The van der Waals surface area contributed by atoms with E-state index in [2.05, 4.69) is 12.2 Å². The smallest absolute Gasteiger partial charge is 0.106 e. The van der Waals surface area contributed by atoms with Gasteiger partial charge in [0.15, 0.2) is 0 Å². The number of halogens is 1. The molecule has 1 saturated heterocycles. The summed E-state index contributed by atoms with van der Waals surface area (Å²) in [5, 5.41) is 3.33. The first-order chi connectivity index (χ1) is 7.83.